The molecule has 0 bridgehead atoms. The van der Waals surface area contributed by atoms with Gasteiger partial charge in [-0.15, -0.1) is 0 Å². The average molecular weight is 250 g/mol. The molecule has 0 spiro atoms. The number of H-pyrrole nitrogens is 1. The third kappa shape index (κ3) is 2.90. The van der Waals surface area contributed by atoms with Gasteiger partial charge in [0.15, 0.2) is 0 Å². The number of nitrogens with zero attached hydrogens (tertiary/aromatic N) is 2. The molecule has 18 heavy (non-hydrogen) atoms. The lowest BCUT2D eigenvalue weighted by molar-refractivity contribution is 0.0726. The molecular weight excluding hydrogens is 228 g/mol. The number of rotatable bonds is 4. The molecule has 5 nitrogen and oxygen atoms in total. The van der Waals surface area contributed by atoms with E-state index < -0.39 is 0 Å². The van der Waals surface area contributed by atoms with Gasteiger partial charge in [-0.3, -0.25) is 9.89 Å². The van der Waals surface area contributed by atoms with Crippen molar-refractivity contribution in [3.63, 3.8) is 0 Å². The molecule has 0 saturated carbocycles. The standard InChI is InChI=1S/C13H22N4O/c1-3-17(9-11-4-6-14-7-5-11)13(18)12-8-15-16-10(12)2/h8,11,14H,3-7,9H2,1-2H3,(H,15,16). The van der Waals surface area contributed by atoms with Crippen LogP contribution >= 0.6 is 0 Å². The molecule has 2 N–H and O–H groups in total. The summed E-state index contributed by atoms with van der Waals surface area (Å²) >= 11 is 0. The molecule has 1 aromatic rings. The lowest BCUT2D eigenvalue weighted by Gasteiger charge is -2.29. The zero-order chi connectivity index (χ0) is 13.0. The van der Waals surface area contributed by atoms with Gasteiger partial charge in [-0.25, -0.2) is 0 Å². The Morgan fingerprint density at radius 3 is 2.78 bits per heavy atom. The Morgan fingerprint density at radius 2 is 2.22 bits per heavy atom. The molecule has 5 heteroatoms. The molecule has 0 radical (unpaired) electrons. The van der Waals surface area contributed by atoms with Crippen molar-refractivity contribution in [3.8, 4) is 0 Å². The summed E-state index contributed by atoms with van der Waals surface area (Å²) in [5, 5.41) is 10.1. The van der Waals surface area contributed by atoms with E-state index in [0.29, 0.717) is 11.5 Å². The number of hydrogen-bond acceptors (Lipinski definition) is 3. The van der Waals surface area contributed by atoms with Crippen LogP contribution in [-0.4, -0.2) is 47.2 Å². The van der Waals surface area contributed by atoms with Crippen molar-refractivity contribution >= 4 is 5.91 Å². The fraction of sp³-hybridized carbons (Fsp3) is 0.692. The van der Waals surface area contributed by atoms with E-state index in [4.69, 9.17) is 0 Å². The zero-order valence-corrected chi connectivity index (χ0v) is 11.2. The van der Waals surface area contributed by atoms with E-state index in [1.54, 1.807) is 6.20 Å². The van der Waals surface area contributed by atoms with Crippen molar-refractivity contribution in [1.29, 1.82) is 0 Å². The van der Waals surface area contributed by atoms with Crippen LogP contribution in [-0.2, 0) is 0 Å². The highest BCUT2D eigenvalue weighted by Gasteiger charge is 2.22. The Labute approximate surface area is 108 Å². The molecular formula is C13H22N4O. The van der Waals surface area contributed by atoms with Gasteiger partial charge in [0.05, 0.1) is 11.8 Å². The van der Waals surface area contributed by atoms with E-state index >= 15 is 0 Å². The molecule has 0 aromatic carbocycles. The highest BCUT2D eigenvalue weighted by molar-refractivity contribution is 5.95. The van der Waals surface area contributed by atoms with E-state index in [0.717, 1.165) is 44.7 Å². The normalized spacial score (nSPS) is 16.8. The minimum atomic E-state index is 0.0993. The SMILES string of the molecule is CCN(CC1CCNCC1)C(=O)c1cn[nH]c1C. The molecule has 1 aliphatic rings. The minimum absolute atomic E-state index is 0.0993. The number of nitrogens with one attached hydrogen (secondary N) is 2. The van der Waals surface area contributed by atoms with Gasteiger partial charge in [-0.1, -0.05) is 0 Å². The van der Waals surface area contributed by atoms with Gasteiger partial charge in [-0.2, -0.15) is 5.10 Å². The summed E-state index contributed by atoms with van der Waals surface area (Å²) in [7, 11) is 0. The zero-order valence-electron chi connectivity index (χ0n) is 11.2. The molecule has 0 unspecified atom stereocenters. The Hall–Kier alpha value is -1.36. The summed E-state index contributed by atoms with van der Waals surface area (Å²) in [5.74, 6) is 0.727. The van der Waals surface area contributed by atoms with Crippen molar-refractivity contribution in [2.45, 2.75) is 26.7 Å². The highest BCUT2D eigenvalue weighted by Crippen LogP contribution is 2.16. The lowest BCUT2D eigenvalue weighted by Crippen LogP contribution is -2.39. The first-order valence-electron chi connectivity index (χ1n) is 6.72. The second kappa shape index (κ2) is 6.00. The molecule has 1 aliphatic heterocycles. The fourth-order valence-electron chi connectivity index (χ4n) is 2.47. The number of carbonyl (C=O) groups is 1. The van der Waals surface area contributed by atoms with E-state index in [9.17, 15) is 4.79 Å². The van der Waals surface area contributed by atoms with Crippen LogP contribution in [0.4, 0.5) is 0 Å². The first-order valence-corrected chi connectivity index (χ1v) is 6.72. The number of amides is 1. The molecule has 100 valence electrons. The first kappa shape index (κ1) is 13.1. The lowest BCUT2D eigenvalue weighted by atomic mass is 9.97. The summed E-state index contributed by atoms with van der Waals surface area (Å²) in [6.45, 7) is 7.68. The van der Waals surface area contributed by atoms with Crippen molar-refractivity contribution in [2.24, 2.45) is 5.92 Å². The number of aromatic amines is 1. The first-order chi connectivity index (χ1) is 8.72. The Bertz CT molecular complexity index is 395. The highest BCUT2D eigenvalue weighted by atomic mass is 16.2. The quantitative estimate of drug-likeness (QED) is 0.843. The van der Waals surface area contributed by atoms with Gasteiger partial charge < -0.3 is 10.2 Å². The van der Waals surface area contributed by atoms with Crippen LogP contribution in [0.25, 0.3) is 0 Å². The van der Waals surface area contributed by atoms with E-state index in [2.05, 4.69) is 15.5 Å². The number of piperidine rings is 1. The molecule has 2 heterocycles. The largest absolute Gasteiger partial charge is 0.339 e. The van der Waals surface area contributed by atoms with Crippen LogP contribution in [0.2, 0.25) is 0 Å². The van der Waals surface area contributed by atoms with E-state index in [1.165, 1.54) is 0 Å². The van der Waals surface area contributed by atoms with E-state index in [1.807, 2.05) is 18.7 Å². The monoisotopic (exact) mass is 250 g/mol. The molecule has 1 amide bonds. The maximum Gasteiger partial charge on any atom is 0.257 e. The molecule has 1 fully saturated rings. The summed E-state index contributed by atoms with van der Waals surface area (Å²) < 4.78 is 0. The predicted molar refractivity (Wildman–Crippen MR) is 70.5 cm³/mol. The van der Waals surface area contributed by atoms with Gasteiger partial charge in [0.25, 0.3) is 5.91 Å². The van der Waals surface area contributed by atoms with Gasteiger partial charge in [0.2, 0.25) is 0 Å². The Morgan fingerprint density at radius 1 is 1.50 bits per heavy atom. The Balaban J connectivity index is 1.99. The number of hydrogen-bond donors (Lipinski definition) is 2. The van der Waals surface area contributed by atoms with E-state index in [-0.39, 0.29) is 5.91 Å². The van der Waals surface area contributed by atoms with Crippen LogP contribution < -0.4 is 5.32 Å². The third-order valence-corrected chi connectivity index (χ3v) is 3.67. The molecule has 1 aromatic heterocycles. The topological polar surface area (TPSA) is 61.0 Å². The van der Waals surface area contributed by atoms with Crippen molar-refractivity contribution in [2.75, 3.05) is 26.2 Å². The van der Waals surface area contributed by atoms with Crippen LogP contribution in [0.5, 0.6) is 0 Å². The van der Waals surface area contributed by atoms with Gasteiger partial charge in [0, 0.05) is 18.8 Å². The predicted octanol–water partition coefficient (Wildman–Crippen LogP) is 1.18. The third-order valence-electron chi connectivity index (χ3n) is 3.67. The van der Waals surface area contributed by atoms with Gasteiger partial charge in [0.1, 0.15) is 0 Å². The maximum atomic E-state index is 12.4. The number of aryl methyl sites for hydroxylation is 1. The summed E-state index contributed by atoms with van der Waals surface area (Å²) in [6.07, 6.45) is 3.95. The molecule has 2 rings (SSSR count). The van der Waals surface area contributed by atoms with Crippen molar-refractivity contribution in [3.05, 3.63) is 17.5 Å². The molecule has 1 saturated heterocycles. The summed E-state index contributed by atoms with van der Waals surface area (Å²) in [4.78, 5) is 14.3. The smallest absolute Gasteiger partial charge is 0.257 e. The number of carbonyl (C=O) groups excluding carboxylic acids is 1. The average Bonchev–Trinajstić information content (AvgIpc) is 2.82. The molecule has 0 atom stereocenters. The van der Waals surface area contributed by atoms with Gasteiger partial charge >= 0.3 is 0 Å². The van der Waals surface area contributed by atoms with Gasteiger partial charge in [-0.05, 0) is 45.7 Å². The summed E-state index contributed by atoms with van der Waals surface area (Å²) in [5.41, 5.74) is 1.55. The second-order valence-electron chi connectivity index (χ2n) is 4.95. The fourth-order valence-corrected chi connectivity index (χ4v) is 2.47. The van der Waals surface area contributed by atoms with Crippen molar-refractivity contribution in [1.82, 2.24) is 20.4 Å². The Kier molecular flexibility index (Phi) is 4.36. The minimum Gasteiger partial charge on any atom is -0.339 e. The van der Waals surface area contributed by atoms with Crippen LogP contribution in [0.1, 0.15) is 35.8 Å². The molecule has 0 aliphatic carbocycles. The van der Waals surface area contributed by atoms with Crippen LogP contribution in [0, 0.1) is 12.8 Å². The van der Waals surface area contributed by atoms with Crippen LogP contribution in [0.15, 0.2) is 6.20 Å². The summed E-state index contributed by atoms with van der Waals surface area (Å²) in [6, 6.07) is 0. The van der Waals surface area contributed by atoms with Crippen LogP contribution in [0.3, 0.4) is 0 Å². The second-order valence-corrected chi connectivity index (χ2v) is 4.95. The maximum absolute atomic E-state index is 12.4. The van der Waals surface area contributed by atoms with Crippen molar-refractivity contribution < 1.29 is 4.79 Å². The number of aromatic nitrogens is 2.